The smallest absolute Gasteiger partial charge is 0.255 e. The van der Waals surface area contributed by atoms with Gasteiger partial charge in [0, 0.05) is 80.9 Å². The van der Waals surface area contributed by atoms with Crippen LogP contribution in [-0.2, 0) is 16.1 Å². The first-order valence-corrected chi connectivity index (χ1v) is 12.3. The lowest BCUT2D eigenvalue weighted by molar-refractivity contribution is -0.136. The van der Waals surface area contributed by atoms with Gasteiger partial charge < -0.3 is 20.4 Å². The topological polar surface area (TPSA) is 102 Å². The Hall–Kier alpha value is -3.59. The van der Waals surface area contributed by atoms with Crippen molar-refractivity contribution in [1.29, 1.82) is 0 Å². The van der Waals surface area contributed by atoms with E-state index in [1.54, 1.807) is 4.90 Å². The zero-order valence-corrected chi connectivity index (χ0v) is 19.7. The van der Waals surface area contributed by atoms with Crippen LogP contribution in [-0.4, -0.2) is 78.9 Å². The number of piperidine rings is 1. The maximum absolute atomic E-state index is 12.9. The van der Waals surface area contributed by atoms with E-state index in [4.69, 9.17) is 5.73 Å². The van der Waals surface area contributed by atoms with Crippen LogP contribution in [0, 0.1) is 0 Å². The number of nitrogens with two attached hydrogens (primary N) is 1. The van der Waals surface area contributed by atoms with E-state index in [-0.39, 0.29) is 24.1 Å². The summed E-state index contributed by atoms with van der Waals surface area (Å²) >= 11 is 0. The van der Waals surface area contributed by atoms with Crippen LogP contribution in [0.2, 0.25) is 0 Å². The Morgan fingerprint density at radius 1 is 0.857 bits per heavy atom. The van der Waals surface area contributed by atoms with Gasteiger partial charge in [-0.2, -0.15) is 0 Å². The van der Waals surface area contributed by atoms with Gasteiger partial charge in [-0.15, -0.1) is 0 Å². The molecule has 35 heavy (non-hydrogen) atoms. The van der Waals surface area contributed by atoms with Crippen LogP contribution in [0.4, 0.5) is 17.1 Å². The molecule has 0 radical (unpaired) electrons. The van der Waals surface area contributed by atoms with Gasteiger partial charge in [0.1, 0.15) is 6.04 Å². The van der Waals surface area contributed by atoms with Gasteiger partial charge in [-0.25, -0.2) is 0 Å². The number of nitrogen functional groups attached to an aromatic ring is 1. The largest absolute Gasteiger partial charge is 0.399 e. The molecule has 3 amide bonds. The number of carbonyl (C=O) groups excluding carboxylic acids is 3. The Morgan fingerprint density at radius 2 is 1.57 bits per heavy atom. The Balaban J connectivity index is 1.05. The molecule has 2 aromatic carbocycles. The fourth-order valence-electron chi connectivity index (χ4n) is 5.69. The molecule has 182 valence electrons. The van der Waals surface area contributed by atoms with Gasteiger partial charge in [0.15, 0.2) is 0 Å². The minimum atomic E-state index is -0.574. The van der Waals surface area contributed by atoms with E-state index in [0.717, 1.165) is 56.2 Å². The SMILES string of the molecule is Nc1ccc(N2CC(N3CCN(c4ccc5c(c4)CN(C4CCC(=O)NC4=O)C5=O)CC3)C2)cc1. The molecule has 0 spiro atoms. The standard InChI is InChI=1S/C26H30N6O3/c27-18-1-3-19(4-2-18)31-15-21(16-31)30-11-9-29(10-12-30)20-5-6-22-17(13-20)14-32(26(22)35)23-7-8-24(33)28-25(23)34/h1-6,13,21,23H,7-12,14-16,27H2,(H,28,33,34). The third-order valence-electron chi connectivity index (χ3n) is 7.82. The maximum atomic E-state index is 12.9. The number of rotatable bonds is 4. The summed E-state index contributed by atoms with van der Waals surface area (Å²) in [6, 6.07) is 14.1. The number of imide groups is 1. The van der Waals surface area contributed by atoms with Crippen LogP contribution in [0.3, 0.4) is 0 Å². The molecular weight excluding hydrogens is 444 g/mol. The number of benzene rings is 2. The lowest BCUT2D eigenvalue weighted by Gasteiger charge is -2.49. The van der Waals surface area contributed by atoms with Gasteiger partial charge in [-0.1, -0.05) is 0 Å². The number of piperazine rings is 1. The zero-order valence-electron chi connectivity index (χ0n) is 19.7. The van der Waals surface area contributed by atoms with Gasteiger partial charge >= 0.3 is 0 Å². The van der Waals surface area contributed by atoms with E-state index in [1.165, 1.54) is 5.69 Å². The van der Waals surface area contributed by atoms with E-state index in [1.807, 2.05) is 24.3 Å². The molecular formula is C26H30N6O3. The maximum Gasteiger partial charge on any atom is 0.255 e. The fourth-order valence-corrected chi connectivity index (χ4v) is 5.69. The average molecular weight is 475 g/mol. The molecule has 9 heteroatoms. The van der Waals surface area contributed by atoms with Crippen molar-refractivity contribution in [2.75, 3.05) is 54.8 Å². The third-order valence-corrected chi connectivity index (χ3v) is 7.82. The second-order valence-electron chi connectivity index (χ2n) is 9.91. The second-order valence-corrected chi connectivity index (χ2v) is 9.91. The number of carbonyl (C=O) groups is 3. The van der Waals surface area contributed by atoms with Gasteiger partial charge in [-0.3, -0.25) is 24.6 Å². The lowest BCUT2D eigenvalue weighted by Crippen LogP contribution is -2.63. The first-order valence-electron chi connectivity index (χ1n) is 12.3. The first-order chi connectivity index (χ1) is 17.0. The summed E-state index contributed by atoms with van der Waals surface area (Å²) in [6.45, 7) is 6.42. The molecule has 3 fully saturated rings. The highest BCUT2D eigenvalue weighted by Crippen LogP contribution is 2.31. The number of anilines is 3. The van der Waals surface area contributed by atoms with Gasteiger partial charge in [0.05, 0.1) is 0 Å². The van der Waals surface area contributed by atoms with Crippen molar-refractivity contribution in [3.63, 3.8) is 0 Å². The number of hydrogen-bond acceptors (Lipinski definition) is 7. The highest BCUT2D eigenvalue weighted by molar-refractivity contribution is 6.05. The first kappa shape index (κ1) is 21.9. The third kappa shape index (κ3) is 3.99. The molecule has 0 bridgehead atoms. The number of nitrogens with one attached hydrogen (secondary N) is 1. The second kappa shape index (κ2) is 8.57. The molecule has 2 aromatic rings. The normalized spacial score (nSPS) is 23.4. The van der Waals surface area contributed by atoms with Crippen LogP contribution < -0.4 is 20.9 Å². The summed E-state index contributed by atoms with van der Waals surface area (Å²) in [6.07, 6.45) is 0.654. The van der Waals surface area contributed by atoms with Gasteiger partial charge in [0.2, 0.25) is 11.8 Å². The monoisotopic (exact) mass is 474 g/mol. The van der Waals surface area contributed by atoms with E-state index in [2.05, 4.69) is 38.2 Å². The van der Waals surface area contributed by atoms with Crippen LogP contribution >= 0.6 is 0 Å². The van der Waals surface area contributed by atoms with E-state index in [0.29, 0.717) is 24.6 Å². The van der Waals surface area contributed by atoms with Crippen molar-refractivity contribution in [1.82, 2.24) is 15.1 Å². The molecule has 0 saturated carbocycles. The predicted molar refractivity (Wildman–Crippen MR) is 133 cm³/mol. The van der Waals surface area contributed by atoms with Crippen molar-refractivity contribution >= 4 is 34.8 Å². The quantitative estimate of drug-likeness (QED) is 0.504. The molecule has 4 heterocycles. The van der Waals surface area contributed by atoms with Crippen molar-refractivity contribution in [2.45, 2.75) is 31.5 Å². The van der Waals surface area contributed by atoms with Crippen molar-refractivity contribution in [3.8, 4) is 0 Å². The molecule has 3 saturated heterocycles. The van der Waals surface area contributed by atoms with E-state index >= 15 is 0 Å². The summed E-state index contributed by atoms with van der Waals surface area (Å²) in [5.74, 6) is -0.761. The van der Waals surface area contributed by atoms with Crippen LogP contribution in [0.1, 0.15) is 28.8 Å². The molecule has 1 atom stereocenters. The molecule has 4 aliphatic heterocycles. The molecule has 9 nitrogen and oxygen atoms in total. The number of nitrogens with zero attached hydrogens (tertiary/aromatic N) is 4. The molecule has 1 unspecified atom stereocenters. The molecule has 3 N–H and O–H groups in total. The average Bonchev–Trinajstić information content (AvgIpc) is 3.15. The summed E-state index contributed by atoms with van der Waals surface area (Å²) in [7, 11) is 0. The van der Waals surface area contributed by atoms with E-state index in [9.17, 15) is 14.4 Å². The lowest BCUT2D eigenvalue weighted by atomic mass is 10.0. The summed E-state index contributed by atoms with van der Waals surface area (Å²) in [4.78, 5) is 45.7. The van der Waals surface area contributed by atoms with Crippen LogP contribution in [0.25, 0.3) is 0 Å². The molecule has 6 rings (SSSR count). The predicted octanol–water partition coefficient (Wildman–Crippen LogP) is 1.04. The van der Waals surface area contributed by atoms with E-state index < -0.39 is 6.04 Å². The van der Waals surface area contributed by atoms with Crippen LogP contribution in [0.15, 0.2) is 42.5 Å². The molecule has 0 aliphatic carbocycles. The Morgan fingerprint density at radius 3 is 2.29 bits per heavy atom. The zero-order chi connectivity index (χ0) is 24.1. The van der Waals surface area contributed by atoms with Crippen molar-refractivity contribution in [2.24, 2.45) is 0 Å². The van der Waals surface area contributed by atoms with Gasteiger partial charge in [-0.05, 0) is 54.4 Å². The fraction of sp³-hybridized carbons (Fsp3) is 0.423. The summed E-state index contributed by atoms with van der Waals surface area (Å²) in [5.41, 5.74) is 10.6. The Kier molecular flexibility index (Phi) is 5.36. The summed E-state index contributed by atoms with van der Waals surface area (Å²) in [5, 5.41) is 2.36. The number of fused-ring (bicyclic) bond motifs is 1. The van der Waals surface area contributed by atoms with Gasteiger partial charge in [0.25, 0.3) is 5.91 Å². The summed E-state index contributed by atoms with van der Waals surface area (Å²) < 4.78 is 0. The minimum Gasteiger partial charge on any atom is -0.399 e. The Bertz CT molecular complexity index is 1170. The number of amides is 3. The minimum absolute atomic E-state index is 0.124. The highest BCUT2D eigenvalue weighted by atomic mass is 16.2. The number of hydrogen-bond donors (Lipinski definition) is 2. The molecule has 4 aliphatic rings. The van der Waals surface area contributed by atoms with Crippen molar-refractivity contribution in [3.05, 3.63) is 53.6 Å². The molecule has 0 aromatic heterocycles. The van der Waals surface area contributed by atoms with Crippen molar-refractivity contribution < 1.29 is 14.4 Å². The van der Waals surface area contributed by atoms with Crippen LogP contribution in [0.5, 0.6) is 0 Å². The Labute approximate surface area is 204 Å². The highest BCUT2D eigenvalue weighted by Gasteiger charge is 2.39.